The number of halogens is 1. The maximum absolute atomic E-state index is 5.82. The van der Waals surface area contributed by atoms with E-state index in [2.05, 4.69) is 41.2 Å². The number of rotatable bonds is 5. The van der Waals surface area contributed by atoms with Gasteiger partial charge < -0.3 is 11.1 Å². The summed E-state index contributed by atoms with van der Waals surface area (Å²) in [6, 6.07) is 6.09. The zero-order valence-corrected chi connectivity index (χ0v) is 12.2. The molecule has 1 aromatic rings. The van der Waals surface area contributed by atoms with Gasteiger partial charge in [0.25, 0.3) is 0 Å². The van der Waals surface area contributed by atoms with Crippen molar-refractivity contribution in [1.29, 1.82) is 0 Å². The molecule has 2 nitrogen and oxygen atoms in total. The Hall–Kier alpha value is -0.540. The van der Waals surface area contributed by atoms with Gasteiger partial charge in [0.15, 0.2) is 0 Å². The Morgan fingerprint density at radius 3 is 2.59 bits per heavy atom. The van der Waals surface area contributed by atoms with Crippen molar-refractivity contribution in [3.8, 4) is 0 Å². The van der Waals surface area contributed by atoms with E-state index in [-0.39, 0.29) is 0 Å². The summed E-state index contributed by atoms with van der Waals surface area (Å²) in [4.78, 5) is 0. The summed E-state index contributed by atoms with van der Waals surface area (Å²) in [6.45, 7) is 6.67. The minimum atomic E-state index is 0.567. The van der Waals surface area contributed by atoms with Gasteiger partial charge in [-0.3, -0.25) is 0 Å². The van der Waals surface area contributed by atoms with Gasteiger partial charge in [-0.05, 0) is 47.9 Å². The van der Waals surface area contributed by atoms with E-state index in [1.165, 1.54) is 18.4 Å². The predicted molar refractivity (Wildman–Crippen MR) is 76.8 cm³/mol. The number of nitrogens with one attached hydrogen (secondary N) is 1. The van der Waals surface area contributed by atoms with Crippen molar-refractivity contribution in [2.24, 2.45) is 11.3 Å². The highest BCUT2D eigenvalue weighted by atomic mass is 79.9. The van der Waals surface area contributed by atoms with E-state index in [1.54, 1.807) is 0 Å². The first-order chi connectivity index (χ1) is 8.02. The van der Waals surface area contributed by atoms with Crippen LogP contribution in [0.1, 0.15) is 32.3 Å². The van der Waals surface area contributed by atoms with E-state index in [0.29, 0.717) is 5.41 Å². The van der Waals surface area contributed by atoms with E-state index in [1.807, 2.05) is 12.1 Å². The summed E-state index contributed by atoms with van der Waals surface area (Å²) in [5, 5.41) is 3.56. The molecule has 0 saturated heterocycles. The highest BCUT2D eigenvalue weighted by molar-refractivity contribution is 9.10. The molecule has 3 heteroatoms. The normalized spacial score (nSPS) is 17.4. The molecule has 0 unspecified atom stereocenters. The predicted octanol–water partition coefficient (Wildman–Crippen LogP) is 3.56. The Kier molecular flexibility index (Phi) is 3.79. The van der Waals surface area contributed by atoms with Gasteiger partial charge in [-0.15, -0.1) is 0 Å². The lowest BCUT2D eigenvalue weighted by Gasteiger charge is -2.20. The van der Waals surface area contributed by atoms with Crippen molar-refractivity contribution in [2.75, 3.05) is 12.3 Å². The van der Waals surface area contributed by atoms with Crippen LogP contribution in [-0.4, -0.2) is 6.54 Å². The SMILES string of the molecule is CC(C)C1(CNCc2cc(N)cc(Br)c2)CC1. The van der Waals surface area contributed by atoms with Crippen LogP contribution in [0.4, 0.5) is 5.69 Å². The van der Waals surface area contributed by atoms with Gasteiger partial charge in [0.2, 0.25) is 0 Å². The fourth-order valence-electron chi connectivity index (χ4n) is 2.35. The van der Waals surface area contributed by atoms with Crippen molar-refractivity contribution < 1.29 is 0 Å². The number of anilines is 1. The number of hydrogen-bond acceptors (Lipinski definition) is 2. The molecule has 1 aliphatic rings. The number of nitrogen functional groups attached to an aromatic ring is 1. The summed E-state index contributed by atoms with van der Waals surface area (Å²) in [7, 11) is 0. The second-order valence-electron chi connectivity index (χ2n) is 5.51. The van der Waals surface area contributed by atoms with Crippen LogP contribution in [0.2, 0.25) is 0 Å². The Morgan fingerprint density at radius 2 is 2.06 bits per heavy atom. The molecule has 0 amide bonds. The molecule has 1 fully saturated rings. The molecule has 0 aliphatic heterocycles. The number of hydrogen-bond donors (Lipinski definition) is 2. The average molecular weight is 297 g/mol. The maximum atomic E-state index is 5.82. The first kappa shape index (κ1) is 12.9. The van der Waals surface area contributed by atoms with Crippen molar-refractivity contribution in [2.45, 2.75) is 33.2 Å². The molecule has 1 aliphatic carbocycles. The molecule has 17 heavy (non-hydrogen) atoms. The summed E-state index contributed by atoms with van der Waals surface area (Å²) in [6.07, 6.45) is 2.75. The van der Waals surface area contributed by atoms with Gasteiger partial charge in [-0.25, -0.2) is 0 Å². The van der Waals surface area contributed by atoms with Crippen LogP contribution >= 0.6 is 15.9 Å². The maximum Gasteiger partial charge on any atom is 0.0328 e. The molecular formula is C14H21BrN2. The lowest BCUT2D eigenvalue weighted by molar-refractivity contribution is 0.338. The molecular weight excluding hydrogens is 276 g/mol. The van der Waals surface area contributed by atoms with Gasteiger partial charge >= 0.3 is 0 Å². The molecule has 1 aromatic carbocycles. The molecule has 0 radical (unpaired) electrons. The second-order valence-corrected chi connectivity index (χ2v) is 6.43. The van der Waals surface area contributed by atoms with Gasteiger partial charge in [-0.2, -0.15) is 0 Å². The summed E-state index contributed by atoms with van der Waals surface area (Å²) in [5.74, 6) is 0.780. The average Bonchev–Trinajstić information content (AvgIpc) is 2.97. The Morgan fingerprint density at radius 1 is 1.35 bits per heavy atom. The van der Waals surface area contributed by atoms with Crippen LogP contribution in [0.15, 0.2) is 22.7 Å². The lowest BCUT2D eigenvalue weighted by atomic mass is 9.92. The van der Waals surface area contributed by atoms with Crippen molar-refractivity contribution in [1.82, 2.24) is 5.32 Å². The molecule has 2 rings (SSSR count). The minimum absolute atomic E-state index is 0.567. The first-order valence-corrected chi connectivity index (χ1v) is 7.07. The number of nitrogens with two attached hydrogens (primary N) is 1. The zero-order chi connectivity index (χ0) is 12.5. The van der Waals surface area contributed by atoms with E-state index in [4.69, 9.17) is 5.73 Å². The molecule has 94 valence electrons. The Labute approximate surface area is 112 Å². The van der Waals surface area contributed by atoms with Crippen LogP contribution in [0.5, 0.6) is 0 Å². The number of benzene rings is 1. The van der Waals surface area contributed by atoms with Gasteiger partial charge in [0, 0.05) is 23.2 Å². The third-order valence-electron chi connectivity index (χ3n) is 3.90. The van der Waals surface area contributed by atoms with Crippen LogP contribution in [0.3, 0.4) is 0 Å². The van der Waals surface area contributed by atoms with E-state index in [9.17, 15) is 0 Å². The zero-order valence-electron chi connectivity index (χ0n) is 10.6. The van der Waals surface area contributed by atoms with Crippen molar-refractivity contribution in [3.63, 3.8) is 0 Å². The fourth-order valence-corrected chi connectivity index (χ4v) is 2.91. The van der Waals surface area contributed by atoms with Crippen molar-refractivity contribution >= 4 is 21.6 Å². The molecule has 1 saturated carbocycles. The smallest absolute Gasteiger partial charge is 0.0328 e. The third kappa shape index (κ3) is 3.23. The molecule has 0 aromatic heterocycles. The van der Waals surface area contributed by atoms with Crippen LogP contribution < -0.4 is 11.1 Å². The van der Waals surface area contributed by atoms with Gasteiger partial charge in [0.05, 0.1) is 0 Å². The Balaban J connectivity index is 1.86. The van der Waals surface area contributed by atoms with E-state index in [0.717, 1.165) is 29.2 Å². The summed E-state index contributed by atoms with van der Waals surface area (Å²) >= 11 is 3.47. The third-order valence-corrected chi connectivity index (χ3v) is 4.36. The highest BCUT2D eigenvalue weighted by Gasteiger charge is 2.44. The summed E-state index contributed by atoms with van der Waals surface area (Å²) < 4.78 is 1.05. The molecule has 0 bridgehead atoms. The van der Waals surface area contributed by atoms with Crippen LogP contribution in [0.25, 0.3) is 0 Å². The highest BCUT2D eigenvalue weighted by Crippen LogP contribution is 2.51. The monoisotopic (exact) mass is 296 g/mol. The lowest BCUT2D eigenvalue weighted by Crippen LogP contribution is -2.27. The quantitative estimate of drug-likeness (QED) is 0.816. The molecule has 3 N–H and O–H groups in total. The molecule has 0 heterocycles. The largest absolute Gasteiger partial charge is 0.399 e. The van der Waals surface area contributed by atoms with Gasteiger partial charge in [0.1, 0.15) is 0 Å². The van der Waals surface area contributed by atoms with Crippen LogP contribution in [0, 0.1) is 11.3 Å². The fraction of sp³-hybridized carbons (Fsp3) is 0.571. The van der Waals surface area contributed by atoms with Gasteiger partial charge in [-0.1, -0.05) is 29.8 Å². The second kappa shape index (κ2) is 4.99. The topological polar surface area (TPSA) is 38.0 Å². The summed E-state index contributed by atoms with van der Waals surface area (Å²) in [5.41, 5.74) is 8.45. The minimum Gasteiger partial charge on any atom is -0.399 e. The van der Waals surface area contributed by atoms with Crippen molar-refractivity contribution in [3.05, 3.63) is 28.2 Å². The van der Waals surface area contributed by atoms with E-state index >= 15 is 0 Å². The van der Waals surface area contributed by atoms with E-state index < -0.39 is 0 Å². The van der Waals surface area contributed by atoms with Crippen LogP contribution in [-0.2, 0) is 6.54 Å². The first-order valence-electron chi connectivity index (χ1n) is 6.27. The Bertz CT molecular complexity index is 377. The molecule has 0 atom stereocenters. The standard InChI is InChI=1S/C14H21BrN2/c1-10(2)14(3-4-14)9-17-8-11-5-12(15)7-13(16)6-11/h5-7,10,17H,3-4,8-9,16H2,1-2H3. The molecule has 0 spiro atoms.